The number of hydrogen-bond donors (Lipinski definition) is 2. The molecule has 102 valence electrons. The van der Waals surface area contributed by atoms with Gasteiger partial charge < -0.3 is 15.8 Å². The van der Waals surface area contributed by atoms with Crippen LogP contribution in [0.25, 0.3) is 0 Å². The maximum absolute atomic E-state index is 11.7. The third-order valence-corrected chi connectivity index (χ3v) is 2.58. The normalized spacial score (nSPS) is 9.63. The molecule has 1 rings (SSSR count). The molecule has 1 aromatic rings. The summed E-state index contributed by atoms with van der Waals surface area (Å²) in [6.07, 6.45) is 0.295. The van der Waals surface area contributed by atoms with Crippen molar-refractivity contribution in [3.63, 3.8) is 0 Å². The van der Waals surface area contributed by atoms with Crippen molar-refractivity contribution in [1.29, 1.82) is 0 Å². The number of carbonyl (C=O) groups is 1. The average Bonchev–Trinajstić information content (AvgIpc) is 2.40. The van der Waals surface area contributed by atoms with Crippen molar-refractivity contribution >= 4 is 23.2 Å². The SMILES string of the molecule is CCOCCC(=O)Nc1cc(C#CCN)ccc1Cl. The van der Waals surface area contributed by atoms with E-state index in [-0.39, 0.29) is 5.91 Å². The van der Waals surface area contributed by atoms with Crippen LogP contribution in [0.1, 0.15) is 18.9 Å². The maximum Gasteiger partial charge on any atom is 0.226 e. The molecule has 0 bridgehead atoms. The molecule has 0 aromatic heterocycles. The lowest BCUT2D eigenvalue weighted by molar-refractivity contribution is -0.117. The predicted molar refractivity (Wildman–Crippen MR) is 77.1 cm³/mol. The number of rotatable bonds is 5. The van der Waals surface area contributed by atoms with Gasteiger partial charge in [-0.1, -0.05) is 23.4 Å². The Morgan fingerprint density at radius 3 is 3.00 bits per heavy atom. The van der Waals surface area contributed by atoms with Gasteiger partial charge in [0.15, 0.2) is 0 Å². The molecule has 19 heavy (non-hydrogen) atoms. The number of nitrogens with two attached hydrogens (primary N) is 1. The summed E-state index contributed by atoms with van der Waals surface area (Å²) in [5.74, 6) is 5.50. The van der Waals surface area contributed by atoms with Crippen molar-refractivity contribution in [3.05, 3.63) is 28.8 Å². The monoisotopic (exact) mass is 280 g/mol. The zero-order chi connectivity index (χ0) is 14.1. The van der Waals surface area contributed by atoms with Crippen LogP contribution in [0.3, 0.4) is 0 Å². The molecule has 0 radical (unpaired) electrons. The van der Waals surface area contributed by atoms with Crippen LogP contribution in [0.2, 0.25) is 5.02 Å². The van der Waals surface area contributed by atoms with E-state index in [9.17, 15) is 4.79 Å². The second kappa shape index (κ2) is 8.54. The number of ether oxygens (including phenoxy) is 1. The van der Waals surface area contributed by atoms with Crippen LogP contribution >= 0.6 is 11.6 Å². The zero-order valence-electron chi connectivity index (χ0n) is 10.8. The van der Waals surface area contributed by atoms with Crippen LogP contribution in [0.15, 0.2) is 18.2 Å². The van der Waals surface area contributed by atoms with Crippen molar-refractivity contribution in [1.82, 2.24) is 0 Å². The fraction of sp³-hybridized carbons (Fsp3) is 0.357. The van der Waals surface area contributed by atoms with Gasteiger partial charge >= 0.3 is 0 Å². The third kappa shape index (κ3) is 5.75. The fourth-order valence-corrected chi connectivity index (χ4v) is 1.54. The molecular formula is C14H17ClN2O2. The molecule has 0 heterocycles. The van der Waals surface area contributed by atoms with E-state index in [2.05, 4.69) is 17.2 Å². The lowest BCUT2D eigenvalue weighted by Crippen LogP contribution is -2.14. The Hall–Kier alpha value is -1.54. The lowest BCUT2D eigenvalue weighted by Gasteiger charge is -2.07. The predicted octanol–water partition coefficient (Wildman–Crippen LogP) is 2.02. The molecule has 3 N–H and O–H groups in total. The first-order chi connectivity index (χ1) is 9.17. The Morgan fingerprint density at radius 2 is 2.32 bits per heavy atom. The Bertz CT molecular complexity index is 492. The van der Waals surface area contributed by atoms with E-state index in [1.165, 1.54) is 0 Å². The Balaban J connectivity index is 2.68. The minimum Gasteiger partial charge on any atom is -0.381 e. The van der Waals surface area contributed by atoms with Gasteiger partial charge in [0.25, 0.3) is 0 Å². The summed E-state index contributed by atoms with van der Waals surface area (Å²) in [6, 6.07) is 5.20. The van der Waals surface area contributed by atoms with Gasteiger partial charge in [0.05, 0.1) is 30.3 Å². The maximum atomic E-state index is 11.7. The quantitative estimate of drug-likeness (QED) is 0.641. The van der Waals surface area contributed by atoms with Crippen molar-refractivity contribution in [3.8, 4) is 11.8 Å². The van der Waals surface area contributed by atoms with E-state index in [0.29, 0.717) is 36.9 Å². The van der Waals surface area contributed by atoms with Gasteiger partial charge in [-0.25, -0.2) is 0 Å². The standard InChI is InChI=1S/C14H17ClN2O2/c1-2-19-9-7-14(18)17-13-10-11(4-3-8-16)5-6-12(13)15/h5-6,10H,2,7-9,16H2,1H3,(H,17,18). The molecule has 0 aliphatic carbocycles. The van der Waals surface area contributed by atoms with Gasteiger partial charge in [0.2, 0.25) is 5.91 Å². The molecule has 0 aliphatic heterocycles. The molecule has 0 fully saturated rings. The van der Waals surface area contributed by atoms with Crippen LogP contribution in [0.4, 0.5) is 5.69 Å². The van der Waals surface area contributed by atoms with Crippen molar-refractivity contribution in [2.45, 2.75) is 13.3 Å². The first-order valence-electron chi connectivity index (χ1n) is 6.03. The summed E-state index contributed by atoms with van der Waals surface area (Å²) in [5, 5.41) is 3.21. The fourth-order valence-electron chi connectivity index (χ4n) is 1.37. The average molecular weight is 281 g/mol. The first kappa shape index (κ1) is 15.5. The van der Waals surface area contributed by atoms with Gasteiger partial charge in [-0.2, -0.15) is 0 Å². The van der Waals surface area contributed by atoms with Gasteiger partial charge in [-0.3, -0.25) is 4.79 Å². The van der Waals surface area contributed by atoms with Gasteiger partial charge in [0, 0.05) is 12.2 Å². The van der Waals surface area contributed by atoms with E-state index in [1.54, 1.807) is 18.2 Å². The molecule has 0 saturated heterocycles. The van der Waals surface area contributed by atoms with E-state index in [0.717, 1.165) is 5.56 Å². The summed E-state index contributed by atoms with van der Waals surface area (Å²) in [6.45, 7) is 3.16. The van der Waals surface area contributed by atoms with Gasteiger partial charge in [0.1, 0.15) is 0 Å². The largest absolute Gasteiger partial charge is 0.381 e. The molecule has 0 atom stereocenters. The van der Waals surface area contributed by atoms with E-state index in [4.69, 9.17) is 22.1 Å². The number of amides is 1. The van der Waals surface area contributed by atoms with Crippen LogP contribution in [-0.2, 0) is 9.53 Å². The number of hydrogen-bond acceptors (Lipinski definition) is 3. The topological polar surface area (TPSA) is 64.3 Å². The van der Waals surface area contributed by atoms with Crippen LogP contribution in [0.5, 0.6) is 0 Å². The number of anilines is 1. The van der Waals surface area contributed by atoms with Crippen LogP contribution in [0, 0.1) is 11.8 Å². The highest BCUT2D eigenvalue weighted by atomic mass is 35.5. The molecule has 0 saturated carbocycles. The lowest BCUT2D eigenvalue weighted by atomic mass is 10.2. The Morgan fingerprint density at radius 1 is 1.53 bits per heavy atom. The van der Waals surface area contributed by atoms with E-state index < -0.39 is 0 Å². The smallest absolute Gasteiger partial charge is 0.226 e. The molecule has 1 amide bonds. The van der Waals surface area contributed by atoms with Crippen molar-refractivity contribution < 1.29 is 9.53 Å². The molecule has 1 aromatic carbocycles. The second-order valence-corrected chi connectivity index (χ2v) is 4.10. The highest BCUT2D eigenvalue weighted by molar-refractivity contribution is 6.33. The highest BCUT2D eigenvalue weighted by Gasteiger charge is 2.06. The summed E-state index contributed by atoms with van der Waals surface area (Å²) in [4.78, 5) is 11.7. The summed E-state index contributed by atoms with van der Waals surface area (Å²) < 4.78 is 5.12. The molecule has 4 nitrogen and oxygen atoms in total. The van der Waals surface area contributed by atoms with Crippen LogP contribution < -0.4 is 11.1 Å². The van der Waals surface area contributed by atoms with Crippen molar-refractivity contribution in [2.75, 3.05) is 25.1 Å². The number of carbonyl (C=O) groups excluding carboxylic acids is 1. The summed E-state index contributed by atoms with van der Waals surface area (Å²) >= 11 is 6.02. The Labute approximate surface area is 118 Å². The molecular weight excluding hydrogens is 264 g/mol. The Kier molecular flexibility index (Phi) is 6.98. The van der Waals surface area contributed by atoms with Crippen molar-refractivity contribution in [2.24, 2.45) is 5.73 Å². The van der Waals surface area contributed by atoms with Gasteiger partial charge in [-0.05, 0) is 25.1 Å². The number of benzene rings is 1. The zero-order valence-corrected chi connectivity index (χ0v) is 11.6. The third-order valence-electron chi connectivity index (χ3n) is 2.25. The summed E-state index contributed by atoms with van der Waals surface area (Å²) in [5.41, 5.74) is 6.62. The second-order valence-electron chi connectivity index (χ2n) is 3.70. The highest BCUT2D eigenvalue weighted by Crippen LogP contribution is 2.22. The number of nitrogens with one attached hydrogen (secondary N) is 1. The van der Waals surface area contributed by atoms with E-state index in [1.807, 2.05) is 6.92 Å². The minimum absolute atomic E-state index is 0.140. The van der Waals surface area contributed by atoms with Gasteiger partial charge in [-0.15, -0.1) is 0 Å². The van der Waals surface area contributed by atoms with Crippen LogP contribution in [-0.4, -0.2) is 25.7 Å². The van der Waals surface area contributed by atoms with E-state index >= 15 is 0 Å². The molecule has 0 spiro atoms. The number of halogens is 1. The minimum atomic E-state index is -0.140. The first-order valence-corrected chi connectivity index (χ1v) is 6.41. The molecule has 5 heteroatoms. The summed E-state index contributed by atoms with van der Waals surface area (Å²) in [7, 11) is 0. The molecule has 0 unspecified atom stereocenters. The molecule has 0 aliphatic rings.